The van der Waals surface area contributed by atoms with Gasteiger partial charge in [0.15, 0.2) is 0 Å². The summed E-state index contributed by atoms with van der Waals surface area (Å²) in [6.07, 6.45) is 2.94. The summed E-state index contributed by atoms with van der Waals surface area (Å²) in [7, 11) is -3.28. The molecular formula is C19H27N3O3S. The van der Waals surface area contributed by atoms with Crippen molar-refractivity contribution in [3.05, 3.63) is 59.4 Å². The molecule has 1 atom stereocenters. The minimum atomic E-state index is -3.28. The van der Waals surface area contributed by atoms with E-state index in [9.17, 15) is 13.5 Å². The van der Waals surface area contributed by atoms with Gasteiger partial charge in [-0.15, -0.1) is 0 Å². The Morgan fingerprint density at radius 1 is 1.12 bits per heavy atom. The summed E-state index contributed by atoms with van der Waals surface area (Å²) >= 11 is 0. The first-order valence-electron chi connectivity index (χ1n) is 8.72. The fraction of sp³-hybridized carbons (Fsp3) is 0.421. The molecule has 0 saturated carbocycles. The smallest absolute Gasteiger partial charge is 0.229 e. The van der Waals surface area contributed by atoms with Crippen molar-refractivity contribution in [1.29, 1.82) is 0 Å². The lowest BCUT2D eigenvalue weighted by Crippen LogP contribution is -2.19. The van der Waals surface area contributed by atoms with E-state index < -0.39 is 16.1 Å². The van der Waals surface area contributed by atoms with Crippen LogP contribution in [0.3, 0.4) is 0 Å². The Kier molecular flexibility index (Phi) is 7.56. The van der Waals surface area contributed by atoms with Gasteiger partial charge in [-0.2, -0.15) is 0 Å². The van der Waals surface area contributed by atoms with Crippen molar-refractivity contribution in [2.24, 2.45) is 0 Å². The summed E-state index contributed by atoms with van der Waals surface area (Å²) in [4.78, 5) is 4.47. The molecule has 0 radical (unpaired) electrons. The largest absolute Gasteiger partial charge is 0.388 e. The number of aromatic nitrogens is 1. The number of aryl methyl sites for hydroxylation is 1. The SMILES string of the molecule is Cc1cccc(CCNCCCC(O)c2ccc(NS(C)(=O)=O)cc2)n1. The molecule has 6 nitrogen and oxygen atoms in total. The zero-order valence-electron chi connectivity index (χ0n) is 15.3. The Labute approximate surface area is 155 Å². The van der Waals surface area contributed by atoms with Gasteiger partial charge in [-0.3, -0.25) is 9.71 Å². The molecule has 2 aromatic rings. The summed E-state index contributed by atoms with van der Waals surface area (Å²) < 4.78 is 24.8. The maximum Gasteiger partial charge on any atom is 0.229 e. The number of anilines is 1. The molecule has 3 N–H and O–H groups in total. The molecule has 0 saturated heterocycles. The number of aliphatic hydroxyl groups is 1. The summed E-state index contributed by atoms with van der Waals surface area (Å²) in [6, 6.07) is 12.8. The molecule has 1 aromatic carbocycles. The van der Waals surface area contributed by atoms with Gasteiger partial charge in [-0.25, -0.2) is 8.42 Å². The number of nitrogens with one attached hydrogen (secondary N) is 2. The maximum atomic E-state index is 11.2. The first-order chi connectivity index (χ1) is 12.3. The first kappa shape index (κ1) is 20.4. The lowest BCUT2D eigenvalue weighted by molar-refractivity contribution is 0.164. The summed E-state index contributed by atoms with van der Waals surface area (Å²) in [5.74, 6) is 0. The molecule has 142 valence electrons. The number of sulfonamides is 1. The topological polar surface area (TPSA) is 91.3 Å². The van der Waals surface area contributed by atoms with E-state index in [0.717, 1.165) is 49.1 Å². The number of hydrogen-bond donors (Lipinski definition) is 3. The van der Waals surface area contributed by atoms with Gasteiger partial charge in [0.25, 0.3) is 0 Å². The molecule has 26 heavy (non-hydrogen) atoms. The lowest BCUT2D eigenvalue weighted by atomic mass is 10.0. The molecule has 7 heteroatoms. The second-order valence-electron chi connectivity index (χ2n) is 6.42. The van der Waals surface area contributed by atoms with Crippen molar-refractivity contribution in [2.45, 2.75) is 32.3 Å². The predicted octanol–water partition coefficient (Wildman–Crippen LogP) is 2.41. The van der Waals surface area contributed by atoms with Crippen LogP contribution in [-0.4, -0.2) is 37.9 Å². The van der Waals surface area contributed by atoms with E-state index in [1.807, 2.05) is 25.1 Å². The quantitative estimate of drug-likeness (QED) is 0.553. The molecule has 0 amide bonds. The molecule has 0 aliphatic heterocycles. The number of benzene rings is 1. The highest BCUT2D eigenvalue weighted by atomic mass is 32.2. The van der Waals surface area contributed by atoms with Gasteiger partial charge in [0, 0.05) is 30.0 Å². The van der Waals surface area contributed by atoms with Crippen LogP contribution in [-0.2, 0) is 16.4 Å². The van der Waals surface area contributed by atoms with E-state index >= 15 is 0 Å². The summed E-state index contributed by atoms with van der Waals surface area (Å²) in [6.45, 7) is 3.68. The Morgan fingerprint density at radius 2 is 1.85 bits per heavy atom. The maximum absolute atomic E-state index is 11.2. The van der Waals surface area contributed by atoms with Crippen LogP contribution < -0.4 is 10.0 Å². The minimum absolute atomic E-state index is 0.495. The van der Waals surface area contributed by atoms with Gasteiger partial charge < -0.3 is 10.4 Å². The van der Waals surface area contributed by atoms with Gasteiger partial charge in [0.05, 0.1) is 12.4 Å². The number of hydrogen-bond acceptors (Lipinski definition) is 5. The predicted molar refractivity (Wildman–Crippen MR) is 105 cm³/mol. The molecule has 0 spiro atoms. The van der Waals surface area contributed by atoms with Crippen LogP contribution in [0.15, 0.2) is 42.5 Å². The highest BCUT2D eigenvalue weighted by Crippen LogP contribution is 2.20. The van der Waals surface area contributed by atoms with Crippen LogP contribution in [0.2, 0.25) is 0 Å². The Balaban J connectivity index is 1.66. The number of rotatable bonds is 10. The Bertz CT molecular complexity index is 792. The number of aliphatic hydroxyl groups excluding tert-OH is 1. The normalized spacial score (nSPS) is 12.7. The highest BCUT2D eigenvalue weighted by molar-refractivity contribution is 7.92. The second-order valence-corrected chi connectivity index (χ2v) is 8.17. The fourth-order valence-corrected chi connectivity index (χ4v) is 3.22. The van der Waals surface area contributed by atoms with Gasteiger partial charge in [-0.05, 0) is 56.1 Å². The average molecular weight is 378 g/mol. The fourth-order valence-electron chi connectivity index (χ4n) is 2.65. The van der Waals surface area contributed by atoms with Crippen LogP contribution in [0.25, 0.3) is 0 Å². The van der Waals surface area contributed by atoms with E-state index in [4.69, 9.17) is 0 Å². The molecule has 0 aliphatic carbocycles. The first-order valence-corrected chi connectivity index (χ1v) is 10.6. The monoisotopic (exact) mass is 377 g/mol. The van der Waals surface area contributed by atoms with E-state index in [1.54, 1.807) is 24.3 Å². The summed E-state index contributed by atoms with van der Waals surface area (Å²) in [5, 5.41) is 13.6. The molecule has 2 rings (SSSR count). The number of pyridine rings is 1. The lowest BCUT2D eigenvalue weighted by Gasteiger charge is -2.12. The zero-order chi connectivity index (χ0) is 19.0. The van der Waals surface area contributed by atoms with Crippen LogP contribution in [0.5, 0.6) is 0 Å². The third-order valence-corrected chi connectivity index (χ3v) is 4.54. The van der Waals surface area contributed by atoms with Crippen molar-refractivity contribution in [1.82, 2.24) is 10.3 Å². The Morgan fingerprint density at radius 3 is 2.50 bits per heavy atom. The summed E-state index contributed by atoms with van der Waals surface area (Å²) in [5.41, 5.74) is 3.39. The molecule has 1 unspecified atom stereocenters. The molecular weight excluding hydrogens is 350 g/mol. The average Bonchev–Trinajstić information content (AvgIpc) is 2.57. The zero-order valence-corrected chi connectivity index (χ0v) is 16.1. The Hall–Kier alpha value is -1.96. The van der Waals surface area contributed by atoms with Crippen molar-refractivity contribution >= 4 is 15.7 Å². The van der Waals surface area contributed by atoms with Gasteiger partial charge in [-0.1, -0.05) is 18.2 Å². The molecule has 1 heterocycles. The van der Waals surface area contributed by atoms with Crippen LogP contribution >= 0.6 is 0 Å². The van der Waals surface area contributed by atoms with E-state index in [2.05, 4.69) is 15.0 Å². The molecule has 0 bridgehead atoms. The van der Waals surface area contributed by atoms with Gasteiger partial charge in [0.1, 0.15) is 0 Å². The molecule has 1 aromatic heterocycles. The third-order valence-electron chi connectivity index (χ3n) is 3.93. The van der Waals surface area contributed by atoms with Crippen molar-refractivity contribution < 1.29 is 13.5 Å². The van der Waals surface area contributed by atoms with E-state index in [0.29, 0.717) is 12.1 Å². The van der Waals surface area contributed by atoms with Crippen molar-refractivity contribution in [2.75, 3.05) is 24.1 Å². The molecule has 0 fully saturated rings. The van der Waals surface area contributed by atoms with Crippen LogP contribution in [0.4, 0.5) is 5.69 Å². The van der Waals surface area contributed by atoms with Crippen LogP contribution in [0, 0.1) is 6.92 Å². The second kappa shape index (κ2) is 9.66. The highest BCUT2D eigenvalue weighted by Gasteiger charge is 2.08. The van der Waals surface area contributed by atoms with Crippen molar-refractivity contribution in [3.63, 3.8) is 0 Å². The number of nitrogens with zero attached hydrogens (tertiary/aromatic N) is 1. The van der Waals surface area contributed by atoms with Gasteiger partial charge >= 0.3 is 0 Å². The van der Waals surface area contributed by atoms with Crippen molar-refractivity contribution in [3.8, 4) is 0 Å². The minimum Gasteiger partial charge on any atom is -0.388 e. The van der Waals surface area contributed by atoms with E-state index in [-0.39, 0.29) is 0 Å². The molecule has 0 aliphatic rings. The van der Waals surface area contributed by atoms with Crippen LogP contribution in [0.1, 0.15) is 35.9 Å². The van der Waals surface area contributed by atoms with E-state index in [1.165, 1.54) is 0 Å². The third kappa shape index (κ3) is 7.51. The standard InChI is InChI=1S/C19H27N3O3S/c1-15-5-3-6-17(21-15)12-14-20-13-4-7-19(23)16-8-10-18(11-9-16)22-26(2,24)25/h3,5-6,8-11,19-20,22-23H,4,7,12-14H2,1-2H3. The van der Waals surface area contributed by atoms with Gasteiger partial charge in [0.2, 0.25) is 10.0 Å².